The Morgan fingerprint density at radius 2 is 2.12 bits per heavy atom. The maximum atomic E-state index is 10.8. The van der Waals surface area contributed by atoms with Gasteiger partial charge in [-0.3, -0.25) is 0 Å². The monoisotopic (exact) mass is 236 g/mol. The number of carboxylic acid groups (broad SMARTS) is 1. The predicted octanol–water partition coefficient (Wildman–Crippen LogP) is 2.53. The van der Waals surface area contributed by atoms with Crippen molar-refractivity contribution >= 4 is 17.6 Å². The summed E-state index contributed by atoms with van der Waals surface area (Å²) in [4.78, 5) is 10.8. The summed E-state index contributed by atoms with van der Waals surface area (Å²) in [6, 6.07) is 7.49. The zero-order valence-corrected chi connectivity index (χ0v) is 9.27. The zero-order valence-electron chi connectivity index (χ0n) is 8.51. The van der Waals surface area contributed by atoms with Gasteiger partial charge in [0.1, 0.15) is 10.7 Å². The molecule has 1 aromatic carbocycles. The molecule has 0 saturated carbocycles. The molecule has 4 nitrogen and oxygen atoms in total. The van der Waals surface area contributed by atoms with Crippen LogP contribution < -0.4 is 0 Å². The highest BCUT2D eigenvalue weighted by atomic mass is 35.5. The number of hydrogen-bond donors (Lipinski definition) is 1. The van der Waals surface area contributed by atoms with Gasteiger partial charge in [-0.25, -0.2) is 9.48 Å². The molecule has 0 atom stereocenters. The normalized spacial score (nSPS) is 10.4. The van der Waals surface area contributed by atoms with Crippen LogP contribution in [0.15, 0.2) is 30.5 Å². The van der Waals surface area contributed by atoms with Gasteiger partial charge in [-0.1, -0.05) is 29.8 Å². The molecule has 0 amide bonds. The molecular formula is C11H9ClN2O2. The van der Waals surface area contributed by atoms with E-state index in [1.54, 1.807) is 0 Å². The van der Waals surface area contributed by atoms with E-state index in [1.165, 1.54) is 10.9 Å². The number of hydrogen-bond acceptors (Lipinski definition) is 2. The van der Waals surface area contributed by atoms with E-state index in [2.05, 4.69) is 5.10 Å². The lowest BCUT2D eigenvalue weighted by atomic mass is 10.2. The van der Waals surface area contributed by atoms with Crippen molar-refractivity contribution in [2.75, 3.05) is 0 Å². The van der Waals surface area contributed by atoms with Crippen LogP contribution in [-0.4, -0.2) is 20.9 Å². The fourth-order valence-electron chi connectivity index (χ4n) is 1.45. The van der Waals surface area contributed by atoms with E-state index in [9.17, 15) is 4.79 Å². The number of benzene rings is 1. The second-order valence-corrected chi connectivity index (χ2v) is 3.71. The van der Waals surface area contributed by atoms with Crippen LogP contribution in [0.5, 0.6) is 0 Å². The average molecular weight is 237 g/mol. The molecule has 0 aliphatic carbocycles. The van der Waals surface area contributed by atoms with E-state index >= 15 is 0 Å². The first-order valence-corrected chi connectivity index (χ1v) is 5.02. The molecule has 0 unspecified atom stereocenters. The lowest BCUT2D eigenvalue weighted by Gasteiger charge is -2.06. The van der Waals surface area contributed by atoms with Crippen LogP contribution in [0.4, 0.5) is 0 Å². The van der Waals surface area contributed by atoms with Gasteiger partial charge in [0, 0.05) is 0 Å². The number of aromatic nitrogens is 2. The predicted molar refractivity (Wildman–Crippen MR) is 60.3 cm³/mol. The van der Waals surface area contributed by atoms with Crippen LogP contribution in [-0.2, 0) is 0 Å². The largest absolute Gasteiger partial charge is 0.478 e. The highest BCUT2D eigenvalue weighted by Crippen LogP contribution is 2.22. The molecule has 0 fully saturated rings. The second-order valence-electron chi connectivity index (χ2n) is 3.35. The fourth-order valence-corrected chi connectivity index (χ4v) is 1.71. The van der Waals surface area contributed by atoms with Gasteiger partial charge in [0.05, 0.1) is 11.9 Å². The Balaban J connectivity index is 2.58. The van der Waals surface area contributed by atoms with Crippen molar-refractivity contribution in [1.29, 1.82) is 0 Å². The quantitative estimate of drug-likeness (QED) is 0.872. The third kappa shape index (κ3) is 1.67. The number of aromatic carboxylic acids is 1. The number of aryl methyl sites for hydroxylation is 1. The minimum absolute atomic E-state index is 0.00456. The molecule has 1 N–H and O–H groups in total. The topological polar surface area (TPSA) is 55.1 Å². The molecule has 2 aromatic rings. The second kappa shape index (κ2) is 3.98. The summed E-state index contributed by atoms with van der Waals surface area (Å²) in [6.07, 6.45) is 1.25. The molecule has 1 heterocycles. The summed E-state index contributed by atoms with van der Waals surface area (Å²) in [5.41, 5.74) is 1.76. The van der Waals surface area contributed by atoms with Crippen LogP contribution in [0, 0.1) is 6.92 Å². The fraction of sp³-hybridized carbons (Fsp3) is 0.0909. The van der Waals surface area contributed by atoms with Crippen LogP contribution in [0.2, 0.25) is 5.15 Å². The molecule has 0 radical (unpaired) electrons. The summed E-state index contributed by atoms with van der Waals surface area (Å²) in [6.45, 7) is 1.91. The number of carboxylic acids is 1. The number of nitrogens with zero attached hydrogens (tertiary/aromatic N) is 2. The molecule has 1 aromatic heterocycles. The van der Waals surface area contributed by atoms with Crippen LogP contribution in [0.25, 0.3) is 5.69 Å². The van der Waals surface area contributed by atoms with Crippen LogP contribution >= 0.6 is 11.6 Å². The summed E-state index contributed by atoms with van der Waals surface area (Å²) >= 11 is 5.95. The number of carbonyl (C=O) groups is 1. The first-order chi connectivity index (χ1) is 7.61. The van der Waals surface area contributed by atoms with Crippen molar-refractivity contribution < 1.29 is 9.90 Å². The first kappa shape index (κ1) is 10.7. The van der Waals surface area contributed by atoms with Gasteiger partial charge >= 0.3 is 5.97 Å². The average Bonchev–Trinajstić information content (AvgIpc) is 2.61. The Morgan fingerprint density at radius 3 is 2.69 bits per heavy atom. The summed E-state index contributed by atoms with van der Waals surface area (Å²) < 4.78 is 1.42. The van der Waals surface area contributed by atoms with Crippen molar-refractivity contribution in [3.05, 3.63) is 46.7 Å². The molecule has 5 heteroatoms. The van der Waals surface area contributed by atoms with Crippen molar-refractivity contribution in [1.82, 2.24) is 9.78 Å². The van der Waals surface area contributed by atoms with Crippen molar-refractivity contribution in [3.63, 3.8) is 0 Å². The van der Waals surface area contributed by atoms with Crippen LogP contribution in [0.3, 0.4) is 0 Å². The van der Waals surface area contributed by atoms with Gasteiger partial charge < -0.3 is 5.11 Å². The Bertz CT molecular complexity index is 549. The van der Waals surface area contributed by atoms with Gasteiger partial charge in [0.15, 0.2) is 0 Å². The van der Waals surface area contributed by atoms with Gasteiger partial charge in [-0.05, 0) is 18.6 Å². The van der Waals surface area contributed by atoms with E-state index in [-0.39, 0.29) is 10.7 Å². The minimum atomic E-state index is -1.08. The molecule has 0 aliphatic heterocycles. The van der Waals surface area contributed by atoms with Crippen LogP contribution in [0.1, 0.15) is 15.9 Å². The lowest BCUT2D eigenvalue weighted by Crippen LogP contribution is -2.00. The first-order valence-electron chi connectivity index (χ1n) is 4.64. The van der Waals surface area contributed by atoms with Crippen molar-refractivity contribution in [2.45, 2.75) is 6.92 Å². The molecule has 0 saturated heterocycles. The van der Waals surface area contributed by atoms with E-state index < -0.39 is 5.97 Å². The molecule has 0 bridgehead atoms. The van der Waals surface area contributed by atoms with E-state index in [4.69, 9.17) is 16.7 Å². The maximum absolute atomic E-state index is 10.8. The SMILES string of the molecule is Cc1ccccc1-n1ncc(C(=O)O)c1Cl. The van der Waals surface area contributed by atoms with Crippen molar-refractivity contribution in [3.8, 4) is 5.69 Å². The lowest BCUT2D eigenvalue weighted by molar-refractivity contribution is 0.0697. The molecule has 0 aliphatic rings. The van der Waals surface area contributed by atoms with E-state index in [1.807, 2.05) is 31.2 Å². The maximum Gasteiger partial charge on any atom is 0.340 e. The third-order valence-corrected chi connectivity index (χ3v) is 2.65. The number of rotatable bonds is 2. The van der Waals surface area contributed by atoms with Gasteiger partial charge in [-0.15, -0.1) is 0 Å². The Kier molecular flexibility index (Phi) is 2.66. The zero-order chi connectivity index (χ0) is 11.7. The Labute approximate surface area is 97.1 Å². The Hall–Kier alpha value is -1.81. The molecule has 0 spiro atoms. The molecular weight excluding hydrogens is 228 g/mol. The number of para-hydroxylation sites is 1. The summed E-state index contributed by atoms with van der Waals surface area (Å²) in [5.74, 6) is -1.08. The smallest absolute Gasteiger partial charge is 0.340 e. The Morgan fingerprint density at radius 1 is 1.44 bits per heavy atom. The van der Waals surface area contributed by atoms with Gasteiger partial charge in [-0.2, -0.15) is 5.10 Å². The van der Waals surface area contributed by atoms with E-state index in [0.29, 0.717) is 0 Å². The standard InChI is InChI=1S/C11H9ClN2O2/c1-7-4-2-3-5-9(7)14-10(12)8(6-13-14)11(15)16/h2-6H,1H3,(H,15,16). The number of halogens is 1. The van der Waals surface area contributed by atoms with Gasteiger partial charge in [0.25, 0.3) is 0 Å². The molecule has 16 heavy (non-hydrogen) atoms. The highest BCUT2D eigenvalue weighted by Gasteiger charge is 2.16. The third-order valence-electron chi connectivity index (χ3n) is 2.28. The summed E-state index contributed by atoms with van der Waals surface area (Å²) in [7, 11) is 0. The van der Waals surface area contributed by atoms with Crippen molar-refractivity contribution in [2.24, 2.45) is 0 Å². The molecule has 82 valence electrons. The van der Waals surface area contributed by atoms with Gasteiger partial charge in [0.2, 0.25) is 0 Å². The minimum Gasteiger partial charge on any atom is -0.478 e. The van der Waals surface area contributed by atoms with E-state index in [0.717, 1.165) is 11.3 Å². The molecule has 2 rings (SSSR count). The summed E-state index contributed by atoms with van der Waals surface area (Å²) in [5, 5.41) is 12.9. The highest BCUT2D eigenvalue weighted by molar-refractivity contribution is 6.32.